The number of alkyl halides is 13. The molecule has 0 spiro atoms. The summed E-state index contributed by atoms with van der Waals surface area (Å²) in [4.78, 5) is 0. The lowest BCUT2D eigenvalue weighted by atomic mass is 9.93. The van der Waals surface area contributed by atoms with Crippen molar-refractivity contribution in [1.82, 2.24) is 0 Å². The first-order valence-electron chi connectivity index (χ1n) is 9.07. The Bertz CT molecular complexity index is 643. The van der Waals surface area contributed by atoms with Gasteiger partial charge in [0, 0.05) is 13.0 Å². The lowest BCUT2D eigenvalue weighted by molar-refractivity contribution is -0.440. The third-order valence-corrected chi connectivity index (χ3v) is 4.43. The van der Waals surface area contributed by atoms with Gasteiger partial charge in [-0.15, -0.1) is 0 Å². The Morgan fingerprint density at radius 1 is 0.545 bits per heavy atom. The van der Waals surface area contributed by atoms with Crippen molar-refractivity contribution in [3.8, 4) is 0 Å². The highest BCUT2D eigenvalue weighted by atomic mass is 19.4. The number of aliphatic hydroxyl groups is 1. The van der Waals surface area contributed by atoms with Gasteiger partial charge in [-0.25, -0.2) is 0 Å². The van der Waals surface area contributed by atoms with E-state index >= 15 is 0 Å². The first kappa shape index (κ1) is 32.0. The van der Waals surface area contributed by atoms with Crippen LogP contribution >= 0.6 is 0 Å². The molecule has 0 saturated heterocycles. The van der Waals surface area contributed by atoms with Crippen LogP contribution in [0.25, 0.3) is 0 Å². The van der Waals surface area contributed by atoms with E-state index in [1.807, 2.05) is 0 Å². The lowest BCUT2D eigenvalue weighted by Crippen LogP contribution is -2.70. The molecule has 0 aliphatic carbocycles. The second-order valence-electron chi connectivity index (χ2n) is 8.38. The quantitative estimate of drug-likeness (QED) is 0.298. The molecule has 0 aromatic heterocycles. The van der Waals surface area contributed by atoms with Crippen LogP contribution in [0.4, 0.5) is 57.1 Å². The van der Waals surface area contributed by atoms with Crippen LogP contribution in [0.5, 0.6) is 0 Å². The fourth-order valence-electron chi connectivity index (χ4n) is 2.17. The van der Waals surface area contributed by atoms with Crippen molar-refractivity contribution in [2.75, 3.05) is 19.8 Å². The van der Waals surface area contributed by atoms with Crippen LogP contribution in [0, 0.1) is 0 Å². The standard InChI is InChI=1S/C17H23F13O3/c1-10(2,5-7-31)33-9-11(3,4)32-8-6-12(18,19)13(20,21)14(22,23)15(24,25)16(26,27)17(28,29)30/h31H,5-9H2,1-4H3. The number of ether oxygens (including phenoxy) is 2. The molecule has 0 rings (SSSR count). The van der Waals surface area contributed by atoms with Crippen molar-refractivity contribution in [2.45, 2.75) is 87.5 Å². The first-order valence-corrected chi connectivity index (χ1v) is 9.07. The van der Waals surface area contributed by atoms with Crippen LogP contribution in [-0.4, -0.2) is 71.9 Å². The molecule has 0 radical (unpaired) electrons. The molecule has 0 heterocycles. The molecule has 0 aromatic carbocycles. The van der Waals surface area contributed by atoms with E-state index in [0.717, 1.165) is 0 Å². The summed E-state index contributed by atoms with van der Waals surface area (Å²) < 4.78 is 180. The van der Waals surface area contributed by atoms with Crippen molar-refractivity contribution in [1.29, 1.82) is 0 Å². The molecule has 16 heteroatoms. The summed E-state index contributed by atoms with van der Waals surface area (Å²) in [6.07, 6.45) is -9.77. The third kappa shape index (κ3) is 6.55. The Hall–Kier alpha value is -1.03. The van der Waals surface area contributed by atoms with Crippen LogP contribution in [0.1, 0.15) is 40.5 Å². The minimum Gasteiger partial charge on any atom is -0.396 e. The van der Waals surface area contributed by atoms with Gasteiger partial charge in [0.05, 0.1) is 24.4 Å². The number of aliphatic hydroxyl groups excluding tert-OH is 1. The van der Waals surface area contributed by atoms with Gasteiger partial charge in [0.2, 0.25) is 0 Å². The highest BCUT2D eigenvalue weighted by molar-refractivity contribution is 5.10. The topological polar surface area (TPSA) is 38.7 Å². The molecule has 1 N–H and O–H groups in total. The zero-order valence-corrected chi connectivity index (χ0v) is 17.7. The number of hydrogen-bond donors (Lipinski definition) is 1. The highest BCUT2D eigenvalue weighted by Crippen LogP contribution is 2.60. The van der Waals surface area contributed by atoms with E-state index in [0.29, 0.717) is 0 Å². The third-order valence-electron chi connectivity index (χ3n) is 4.43. The number of hydrogen-bond acceptors (Lipinski definition) is 3. The van der Waals surface area contributed by atoms with E-state index in [1.165, 1.54) is 27.7 Å². The molecule has 0 fully saturated rings. The van der Waals surface area contributed by atoms with Gasteiger partial charge < -0.3 is 14.6 Å². The van der Waals surface area contributed by atoms with E-state index < -0.39 is 66.6 Å². The summed E-state index contributed by atoms with van der Waals surface area (Å²) in [6, 6.07) is 0. The maximum Gasteiger partial charge on any atom is 0.460 e. The average molecular weight is 522 g/mol. The fraction of sp³-hybridized carbons (Fsp3) is 1.00. The van der Waals surface area contributed by atoms with Gasteiger partial charge >= 0.3 is 35.8 Å². The monoisotopic (exact) mass is 522 g/mol. The van der Waals surface area contributed by atoms with Gasteiger partial charge in [0.25, 0.3) is 0 Å². The fourth-order valence-corrected chi connectivity index (χ4v) is 2.17. The van der Waals surface area contributed by atoms with Gasteiger partial charge in [-0.05, 0) is 34.1 Å². The maximum absolute atomic E-state index is 13.7. The molecule has 0 unspecified atom stereocenters. The largest absolute Gasteiger partial charge is 0.460 e. The molecule has 0 saturated carbocycles. The molecule has 0 aromatic rings. The summed E-state index contributed by atoms with van der Waals surface area (Å²) >= 11 is 0. The zero-order valence-electron chi connectivity index (χ0n) is 17.7. The molecule has 0 amide bonds. The summed E-state index contributed by atoms with van der Waals surface area (Å²) in [5, 5.41) is 8.87. The molecule has 0 aliphatic heterocycles. The Morgan fingerprint density at radius 2 is 0.970 bits per heavy atom. The van der Waals surface area contributed by atoms with E-state index in [9.17, 15) is 57.1 Å². The summed E-state index contributed by atoms with van der Waals surface area (Å²) in [5.74, 6) is -37.0. The molecule has 0 aliphatic rings. The lowest BCUT2D eigenvalue weighted by Gasteiger charge is -2.40. The average Bonchev–Trinajstić information content (AvgIpc) is 2.58. The van der Waals surface area contributed by atoms with E-state index in [4.69, 9.17) is 14.6 Å². The van der Waals surface area contributed by atoms with Crippen molar-refractivity contribution in [3.05, 3.63) is 0 Å². The van der Waals surface area contributed by atoms with Crippen LogP contribution in [-0.2, 0) is 9.47 Å². The molecule has 3 nitrogen and oxygen atoms in total. The Balaban J connectivity index is 5.52. The van der Waals surface area contributed by atoms with Crippen LogP contribution in [0.3, 0.4) is 0 Å². The van der Waals surface area contributed by atoms with Crippen LogP contribution < -0.4 is 0 Å². The zero-order chi connectivity index (χ0) is 26.9. The van der Waals surface area contributed by atoms with Gasteiger partial charge in [0.1, 0.15) is 0 Å². The number of halogens is 13. The second-order valence-corrected chi connectivity index (χ2v) is 8.38. The first-order chi connectivity index (χ1) is 14.2. The Labute approximate surface area is 180 Å². The second kappa shape index (κ2) is 9.55. The maximum atomic E-state index is 13.7. The summed E-state index contributed by atoms with van der Waals surface area (Å²) in [7, 11) is 0. The van der Waals surface area contributed by atoms with Crippen molar-refractivity contribution in [3.63, 3.8) is 0 Å². The van der Waals surface area contributed by atoms with Crippen LogP contribution in [0.2, 0.25) is 0 Å². The SMILES string of the molecule is CC(C)(CCO)OCC(C)(C)OCCC(F)(F)C(F)(F)C(F)(F)C(F)(F)C(F)(F)C(F)(F)F. The minimum atomic E-state index is -7.92. The van der Waals surface area contributed by atoms with E-state index in [2.05, 4.69) is 0 Å². The molecule has 0 atom stereocenters. The summed E-state index contributed by atoms with van der Waals surface area (Å²) in [5.41, 5.74) is -2.50. The van der Waals surface area contributed by atoms with Crippen molar-refractivity contribution >= 4 is 0 Å². The van der Waals surface area contributed by atoms with Crippen molar-refractivity contribution < 1.29 is 71.7 Å². The Morgan fingerprint density at radius 3 is 1.36 bits per heavy atom. The minimum absolute atomic E-state index is 0.110. The smallest absolute Gasteiger partial charge is 0.396 e. The molecule has 200 valence electrons. The molecular formula is C17H23F13O3. The molecule has 0 bridgehead atoms. The van der Waals surface area contributed by atoms with E-state index in [-0.39, 0.29) is 13.0 Å². The molecular weight excluding hydrogens is 499 g/mol. The predicted octanol–water partition coefficient (Wildman–Crippen LogP) is 6.09. The van der Waals surface area contributed by atoms with Gasteiger partial charge in [-0.2, -0.15) is 57.1 Å². The highest BCUT2D eigenvalue weighted by Gasteiger charge is 2.90. The van der Waals surface area contributed by atoms with Crippen LogP contribution in [0.15, 0.2) is 0 Å². The summed E-state index contributed by atoms with van der Waals surface area (Å²) in [6.45, 7) is 3.13. The predicted molar refractivity (Wildman–Crippen MR) is 87.2 cm³/mol. The van der Waals surface area contributed by atoms with E-state index in [1.54, 1.807) is 0 Å². The Kier molecular flexibility index (Phi) is 9.25. The van der Waals surface area contributed by atoms with Gasteiger partial charge in [-0.1, -0.05) is 0 Å². The van der Waals surface area contributed by atoms with Crippen molar-refractivity contribution in [2.24, 2.45) is 0 Å². The normalized spacial score (nSPS) is 15.8. The molecule has 33 heavy (non-hydrogen) atoms. The number of rotatable bonds is 13. The van der Waals surface area contributed by atoms with Gasteiger partial charge in [0.15, 0.2) is 0 Å². The van der Waals surface area contributed by atoms with Gasteiger partial charge in [-0.3, -0.25) is 0 Å².